The first-order chi connectivity index (χ1) is 11.1. The molecule has 1 heterocycles. The molecule has 1 aliphatic heterocycles. The van der Waals surface area contributed by atoms with Crippen molar-refractivity contribution in [3.63, 3.8) is 0 Å². The number of hydrogen-bond donors (Lipinski definition) is 1. The highest BCUT2D eigenvalue weighted by Gasteiger charge is 2.25. The Kier molecular flexibility index (Phi) is 3.97. The molecule has 0 fully saturated rings. The van der Waals surface area contributed by atoms with Crippen molar-refractivity contribution < 1.29 is 14.5 Å². The van der Waals surface area contributed by atoms with Crippen molar-refractivity contribution in [3.8, 4) is 5.75 Å². The van der Waals surface area contributed by atoms with Crippen LogP contribution in [0.1, 0.15) is 21.5 Å². The number of amides is 1. The average molecular weight is 312 g/mol. The number of nitrogens with zero attached hydrogens (tertiary/aromatic N) is 1. The van der Waals surface area contributed by atoms with Gasteiger partial charge in [-0.3, -0.25) is 14.9 Å². The van der Waals surface area contributed by atoms with Crippen molar-refractivity contribution in [3.05, 3.63) is 69.3 Å². The number of rotatable bonds is 4. The second-order valence-corrected chi connectivity index (χ2v) is 5.49. The molecular formula is C17H16N2O4. The van der Waals surface area contributed by atoms with Gasteiger partial charge in [0.25, 0.3) is 11.6 Å². The summed E-state index contributed by atoms with van der Waals surface area (Å²) >= 11 is 0. The van der Waals surface area contributed by atoms with Crippen molar-refractivity contribution in [2.45, 2.75) is 19.4 Å². The first kappa shape index (κ1) is 15.0. The van der Waals surface area contributed by atoms with Crippen molar-refractivity contribution in [2.24, 2.45) is 0 Å². The number of ether oxygens (including phenoxy) is 1. The van der Waals surface area contributed by atoms with Crippen molar-refractivity contribution >= 4 is 11.6 Å². The summed E-state index contributed by atoms with van der Waals surface area (Å²) in [5.74, 6) is 0.369. The predicted octanol–water partition coefficient (Wildman–Crippen LogP) is 2.64. The SMILES string of the molecule is Cc1cccc(C(=O)NCC2Cc3ccccc3O2)c1[N+](=O)[O-]. The zero-order valence-electron chi connectivity index (χ0n) is 12.6. The maximum Gasteiger partial charge on any atom is 0.285 e. The average Bonchev–Trinajstić information content (AvgIpc) is 2.94. The fourth-order valence-corrected chi connectivity index (χ4v) is 2.75. The second kappa shape index (κ2) is 6.08. The molecule has 23 heavy (non-hydrogen) atoms. The molecule has 3 rings (SSSR count). The standard InChI is InChI=1S/C17H16N2O4/c1-11-5-4-7-14(16(11)19(21)22)17(20)18-10-13-9-12-6-2-3-8-15(12)23-13/h2-8,13H,9-10H2,1H3,(H,18,20). The van der Waals surface area contributed by atoms with Crippen LogP contribution in [-0.2, 0) is 6.42 Å². The van der Waals surface area contributed by atoms with Crippen LogP contribution in [0.3, 0.4) is 0 Å². The van der Waals surface area contributed by atoms with Crippen LogP contribution in [0.2, 0.25) is 0 Å². The topological polar surface area (TPSA) is 81.5 Å². The van der Waals surface area contributed by atoms with Gasteiger partial charge in [0, 0.05) is 12.0 Å². The summed E-state index contributed by atoms with van der Waals surface area (Å²) in [5.41, 5.74) is 1.49. The maximum atomic E-state index is 12.3. The summed E-state index contributed by atoms with van der Waals surface area (Å²) in [5, 5.41) is 13.9. The monoisotopic (exact) mass is 312 g/mol. The summed E-state index contributed by atoms with van der Waals surface area (Å²) < 4.78 is 5.75. The number of nitro groups is 1. The molecule has 1 atom stereocenters. The van der Waals surface area contributed by atoms with Gasteiger partial charge in [-0.25, -0.2) is 0 Å². The minimum Gasteiger partial charge on any atom is -0.488 e. The Labute approximate surface area is 133 Å². The van der Waals surface area contributed by atoms with E-state index in [9.17, 15) is 14.9 Å². The van der Waals surface area contributed by atoms with E-state index in [0.717, 1.165) is 11.3 Å². The molecule has 0 bridgehead atoms. The quantitative estimate of drug-likeness (QED) is 0.695. The van der Waals surface area contributed by atoms with Crippen molar-refractivity contribution in [1.82, 2.24) is 5.32 Å². The van der Waals surface area contributed by atoms with E-state index in [4.69, 9.17) is 4.74 Å². The lowest BCUT2D eigenvalue weighted by atomic mass is 10.1. The van der Waals surface area contributed by atoms with Crippen LogP contribution in [0, 0.1) is 17.0 Å². The van der Waals surface area contributed by atoms with E-state index in [1.165, 1.54) is 6.07 Å². The Bertz CT molecular complexity index is 748. The highest BCUT2D eigenvalue weighted by molar-refractivity contribution is 5.98. The van der Waals surface area contributed by atoms with Gasteiger partial charge in [-0.15, -0.1) is 0 Å². The van der Waals surface area contributed by atoms with E-state index >= 15 is 0 Å². The number of benzene rings is 2. The molecule has 0 aliphatic carbocycles. The molecule has 6 nitrogen and oxygen atoms in total. The van der Waals surface area contributed by atoms with Crippen LogP contribution >= 0.6 is 0 Å². The van der Waals surface area contributed by atoms with E-state index in [1.807, 2.05) is 24.3 Å². The Balaban J connectivity index is 1.68. The first-order valence-corrected chi connectivity index (χ1v) is 7.33. The Morgan fingerprint density at radius 2 is 2.09 bits per heavy atom. The molecule has 1 aliphatic rings. The van der Waals surface area contributed by atoms with Gasteiger partial charge in [0.2, 0.25) is 0 Å². The molecule has 118 valence electrons. The van der Waals surface area contributed by atoms with Crippen LogP contribution in [0.4, 0.5) is 5.69 Å². The number of fused-ring (bicyclic) bond motifs is 1. The normalized spacial score (nSPS) is 15.6. The molecule has 1 amide bonds. The van der Waals surface area contributed by atoms with E-state index in [-0.39, 0.29) is 17.4 Å². The lowest BCUT2D eigenvalue weighted by molar-refractivity contribution is -0.385. The summed E-state index contributed by atoms with van der Waals surface area (Å²) in [4.78, 5) is 22.9. The highest BCUT2D eigenvalue weighted by Crippen LogP contribution is 2.28. The van der Waals surface area contributed by atoms with Crippen LogP contribution in [-0.4, -0.2) is 23.5 Å². The first-order valence-electron chi connectivity index (χ1n) is 7.33. The van der Waals surface area contributed by atoms with Crippen molar-refractivity contribution in [1.29, 1.82) is 0 Å². The Morgan fingerprint density at radius 1 is 1.30 bits per heavy atom. The van der Waals surface area contributed by atoms with Crippen LogP contribution in [0.25, 0.3) is 0 Å². The molecule has 0 aromatic heterocycles. The lowest BCUT2D eigenvalue weighted by Crippen LogP contribution is -2.34. The van der Waals surface area contributed by atoms with E-state index < -0.39 is 10.8 Å². The molecular weight excluding hydrogens is 296 g/mol. The number of carbonyl (C=O) groups excluding carboxylic acids is 1. The van der Waals surface area contributed by atoms with Crippen LogP contribution in [0.15, 0.2) is 42.5 Å². The third-order valence-electron chi connectivity index (χ3n) is 3.87. The molecule has 0 spiro atoms. The molecule has 2 aromatic rings. The van der Waals surface area contributed by atoms with E-state index in [1.54, 1.807) is 19.1 Å². The third-order valence-corrected chi connectivity index (χ3v) is 3.87. The Morgan fingerprint density at radius 3 is 2.83 bits per heavy atom. The van der Waals surface area contributed by atoms with Gasteiger partial charge >= 0.3 is 0 Å². The van der Waals surface area contributed by atoms with Crippen LogP contribution in [0.5, 0.6) is 5.75 Å². The molecule has 0 saturated carbocycles. The fourth-order valence-electron chi connectivity index (χ4n) is 2.75. The number of carbonyl (C=O) groups is 1. The predicted molar refractivity (Wildman–Crippen MR) is 84.7 cm³/mol. The van der Waals surface area contributed by atoms with Crippen LogP contribution < -0.4 is 10.1 Å². The van der Waals surface area contributed by atoms with Gasteiger partial charge in [0.15, 0.2) is 0 Å². The minimum atomic E-state index is -0.522. The second-order valence-electron chi connectivity index (χ2n) is 5.49. The van der Waals surface area contributed by atoms with Gasteiger partial charge < -0.3 is 10.1 Å². The summed E-state index contributed by atoms with van der Waals surface area (Å²) in [6.07, 6.45) is 0.562. The molecule has 1 N–H and O–H groups in total. The van der Waals surface area contributed by atoms with E-state index in [2.05, 4.69) is 5.32 Å². The lowest BCUT2D eigenvalue weighted by Gasteiger charge is -2.12. The Hall–Kier alpha value is -2.89. The number of nitrogens with one attached hydrogen (secondary N) is 1. The summed E-state index contributed by atoms with van der Waals surface area (Å²) in [6.45, 7) is 1.92. The molecule has 1 unspecified atom stereocenters. The van der Waals surface area contributed by atoms with Gasteiger partial charge in [0.05, 0.1) is 11.5 Å². The third kappa shape index (κ3) is 3.01. The molecule has 2 aromatic carbocycles. The maximum absolute atomic E-state index is 12.3. The largest absolute Gasteiger partial charge is 0.488 e. The van der Waals surface area contributed by atoms with E-state index in [0.29, 0.717) is 18.5 Å². The van der Waals surface area contributed by atoms with Gasteiger partial charge in [0.1, 0.15) is 17.4 Å². The number of hydrogen-bond acceptors (Lipinski definition) is 4. The number of para-hydroxylation sites is 2. The summed E-state index contributed by atoms with van der Waals surface area (Å²) in [6, 6.07) is 12.4. The van der Waals surface area contributed by atoms with Crippen molar-refractivity contribution in [2.75, 3.05) is 6.54 Å². The fraction of sp³-hybridized carbons (Fsp3) is 0.235. The highest BCUT2D eigenvalue weighted by atomic mass is 16.6. The van der Waals surface area contributed by atoms with Gasteiger partial charge in [-0.2, -0.15) is 0 Å². The number of aryl methyl sites for hydroxylation is 1. The smallest absolute Gasteiger partial charge is 0.285 e. The van der Waals surface area contributed by atoms with Gasteiger partial charge in [-0.1, -0.05) is 30.3 Å². The molecule has 0 saturated heterocycles. The molecule has 0 radical (unpaired) electrons. The number of nitro benzene ring substituents is 1. The minimum absolute atomic E-state index is 0.0745. The zero-order valence-corrected chi connectivity index (χ0v) is 12.6. The zero-order chi connectivity index (χ0) is 16.4. The molecule has 6 heteroatoms. The van der Waals surface area contributed by atoms with Gasteiger partial charge in [-0.05, 0) is 24.6 Å². The summed E-state index contributed by atoms with van der Waals surface area (Å²) in [7, 11) is 0.